The van der Waals surface area contributed by atoms with E-state index in [-0.39, 0.29) is 24.5 Å². The molecule has 0 aromatic carbocycles. The van der Waals surface area contributed by atoms with E-state index in [9.17, 15) is 13.2 Å². The van der Waals surface area contributed by atoms with Crippen molar-refractivity contribution in [2.45, 2.75) is 19.0 Å². The van der Waals surface area contributed by atoms with Crippen LogP contribution in [0.5, 0.6) is 5.88 Å². The first-order valence-electron chi connectivity index (χ1n) is 4.44. The number of nitriles is 1. The average Bonchev–Trinajstić information content (AvgIpc) is 2.23. The molecule has 0 bridgehead atoms. The maximum absolute atomic E-state index is 11.8. The van der Waals surface area contributed by atoms with Crippen molar-refractivity contribution >= 4 is 0 Å². The average molecular weight is 231 g/mol. The molecular weight excluding hydrogens is 223 g/mol. The van der Waals surface area contributed by atoms with E-state index in [4.69, 9.17) is 10.00 Å². The highest BCUT2D eigenvalue weighted by Crippen LogP contribution is 2.21. The molecule has 16 heavy (non-hydrogen) atoms. The van der Waals surface area contributed by atoms with E-state index in [1.54, 1.807) is 6.07 Å². The standard InChI is InChI=1S/C9H8F3N3O/c10-9(11,12)3-1-5-16-8-7(6-13)2-4-14-15-8/h2,4H,1,3,5H2. The summed E-state index contributed by atoms with van der Waals surface area (Å²) in [6, 6.07) is 3.18. The van der Waals surface area contributed by atoms with Gasteiger partial charge in [0.25, 0.3) is 5.88 Å². The third-order valence-corrected chi connectivity index (χ3v) is 1.65. The number of rotatable bonds is 4. The normalized spacial score (nSPS) is 10.9. The van der Waals surface area contributed by atoms with Gasteiger partial charge in [-0.3, -0.25) is 0 Å². The van der Waals surface area contributed by atoms with Gasteiger partial charge in [-0.25, -0.2) is 0 Å². The van der Waals surface area contributed by atoms with Gasteiger partial charge in [-0.1, -0.05) is 0 Å². The minimum atomic E-state index is -4.19. The Labute approximate surface area is 89.7 Å². The Morgan fingerprint density at radius 3 is 2.81 bits per heavy atom. The summed E-state index contributed by atoms with van der Waals surface area (Å²) in [6.45, 7) is -0.146. The molecule has 86 valence electrons. The molecule has 0 saturated carbocycles. The number of hydrogen-bond donors (Lipinski definition) is 0. The summed E-state index contributed by atoms with van der Waals surface area (Å²) in [5.74, 6) is -0.0350. The van der Waals surface area contributed by atoms with Crippen LogP contribution in [0.4, 0.5) is 13.2 Å². The fraction of sp³-hybridized carbons (Fsp3) is 0.444. The Hall–Kier alpha value is -1.84. The minimum absolute atomic E-state index is 0.0350. The monoisotopic (exact) mass is 231 g/mol. The van der Waals surface area contributed by atoms with Crippen molar-refractivity contribution in [3.05, 3.63) is 17.8 Å². The van der Waals surface area contributed by atoms with E-state index >= 15 is 0 Å². The molecule has 4 nitrogen and oxygen atoms in total. The summed E-state index contributed by atoms with van der Waals surface area (Å²) in [6.07, 6.45) is -3.98. The minimum Gasteiger partial charge on any atom is -0.476 e. The lowest BCUT2D eigenvalue weighted by Gasteiger charge is -2.07. The van der Waals surface area contributed by atoms with E-state index in [1.807, 2.05) is 0 Å². The molecule has 0 N–H and O–H groups in total. The van der Waals surface area contributed by atoms with Crippen LogP contribution >= 0.6 is 0 Å². The van der Waals surface area contributed by atoms with Gasteiger partial charge in [0.2, 0.25) is 0 Å². The zero-order valence-corrected chi connectivity index (χ0v) is 8.16. The number of alkyl halides is 3. The van der Waals surface area contributed by atoms with E-state index in [0.29, 0.717) is 0 Å². The van der Waals surface area contributed by atoms with Crippen LogP contribution in [0.15, 0.2) is 12.3 Å². The highest BCUT2D eigenvalue weighted by molar-refractivity contribution is 5.35. The van der Waals surface area contributed by atoms with Gasteiger partial charge in [-0.15, -0.1) is 5.10 Å². The number of aromatic nitrogens is 2. The van der Waals surface area contributed by atoms with Gasteiger partial charge in [-0.2, -0.15) is 23.5 Å². The summed E-state index contributed by atoms with van der Waals surface area (Å²) in [5.41, 5.74) is 0.155. The van der Waals surface area contributed by atoms with Crippen molar-refractivity contribution in [3.63, 3.8) is 0 Å². The molecule has 0 radical (unpaired) electrons. The van der Waals surface area contributed by atoms with E-state index < -0.39 is 12.6 Å². The Morgan fingerprint density at radius 1 is 1.44 bits per heavy atom. The first kappa shape index (κ1) is 12.2. The van der Waals surface area contributed by atoms with Gasteiger partial charge in [0.15, 0.2) is 0 Å². The molecule has 0 amide bonds. The van der Waals surface area contributed by atoms with Crippen LogP contribution in [0.2, 0.25) is 0 Å². The molecular formula is C9H8F3N3O. The van der Waals surface area contributed by atoms with Crippen molar-refractivity contribution in [1.29, 1.82) is 5.26 Å². The third-order valence-electron chi connectivity index (χ3n) is 1.65. The Kier molecular flexibility index (Phi) is 4.05. The SMILES string of the molecule is N#Cc1ccnnc1OCCCC(F)(F)F. The van der Waals surface area contributed by atoms with Crippen LogP contribution in [0.25, 0.3) is 0 Å². The van der Waals surface area contributed by atoms with Crippen LogP contribution < -0.4 is 4.74 Å². The molecule has 0 aliphatic rings. The van der Waals surface area contributed by atoms with Gasteiger partial charge in [-0.05, 0) is 12.5 Å². The van der Waals surface area contributed by atoms with Crippen molar-refractivity contribution < 1.29 is 17.9 Å². The maximum Gasteiger partial charge on any atom is 0.389 e. The van der Waals surface area contributed by atoms with Crippen LogP contribution in [0, 0.1) is 11.3 Å². The third kappa shape index (κ3) is 4.13. The van der Waals surface area contributed by atoms with Crippen LogP contribution in [0.3, 0.4) is 0 Å². The van der Waals surface area contributed by atoms with Crippen molar-refractivity contribution in [2.24, 2.45) is 0 Å². The summed E-state index contributed by atoms with van der Waals surface area (Å²) in [5, 5.41) is 15.6. The largest absolute Gasteiger partial charge is 0.476 e. The molecule has 0 aliphatic carbocycles. The number of halogens is 3. The lowest BCUT2D eigenvalue weighted by atomic mass is 10.3. The number of nitrogens with zero attached hydrogens (tertiary/aromatic N) is 3. The number of hydrogen-bond acceptors (Lipinski definition) is 4. The smallest absolute Gasteiger partial charge is 0.389 e. The Balaban J connectivity index is 2.41. The highest BCUT2D eigenvalue weighted by Gasteiger charge is 2.26. The molecule has 0 atom stereocenters. The van der Waals surface area contributed by atoms with Gasteiger partial charge < -0.3 is 4.74 Å². The quantitative estimate of drug-likeness (QED) is 0.744. The van der Waals surface area contributed by atoms with Gasteiger partial charge >= 0.3 is 6.18 Å². The highest BCUT2D eigenvalue weighted by atomic mass is 19.4. The number of ether oxygens (including phenoxy) is 1. The van der Waals surface area contributed by atoms with Crippen LogP contribution in [0.1, 0.15) is 18.4 Å². The van der Waals surface area contributed by atoms with E-state index in [1.165, 1.54) is 12.3 Å². The Morgan fingerprint density at radius 2 is 2.19 bits per heavy atom. The molecule has 1 aromatic heterocycles. The summed E-state index contributed by atoms with van der Waals surface area (Å²) in [4.78, 5) is 0. The predicted octanol–water partition coefficient (Wildman–Crippen LogP) is 2.07. The molecule has 0 aliphatic heterocycles. The van der Waals surface area contributed by atoms with Gasteiger partial charge in [0.1, 0.15) is 11.6 Å². The fourth-order valence-corrected chi connectivity index (χ4v) is 0.952. The van der Waals surface area contributed by atoms with Crippen molar-refractivity contribution in [3.8, 4) is 11.9 Å². The predicted molar refractivity (Wildman–Crippen MR) is 47.5 cm³/mol. The Bertz CT molecular complexity index is 386. The lowest BCUT2D eigenvalue weighted by molar-refractivity contribution is -0.136. The second-order valence-corrected chi connectivity index (χ2v) is 2.93. The van der Waals surface area contributed by atoms with Crippen LogP contribution in [-0.4, -0.2) is 23.0 Å². The molecule has 0 saturated heterocycles. The second kappa shape index (κ2) is 5.30. The molecule has 7 heteroatoms. The summed E-state index contributed by atoms with van der Waals surface area (Å²) >= 11 is 0. The van der Waals surface area contributed by atoms with Gasteiger partial charge in [0.05, 0.1) is 12.8 Å². The molecule has 1 heterocycles. The maximum atomic E-state index is 11.8. The molecule has 0 unspecified atom stereocenters. The first-order valence-corrected chi connectivity index (χ1v) is 4.44. The molecule has 0 spiro atoms. The van der Waals surface area contributed by atoms with Gasteiger partial charge in [0, 0.05) is 6.42 Å². The summed E-state index contributed by atoms with van der Waals surface area (Å²) < 4.78 is 40.3. The molecule has 0 fully saturated rings. The zero-order chi connectivity index (χ0) is 12.0. The zero-order valence-electron chi connectivity index (χ0n) is 8.16. The van der Waals surface area contributed by atoms with E-state index in [0.717, 1.165) is 0 Å². The second-order valence-electron chi connectivity index (χ2n) is 2.93. The summed E-state index contributed by atoms with van der Waals surface area (Å²) in [7, 11) is 0. The van der Waals surface area contributed by atoms with Crippen LogP contribution in [-0.2, 0) is 0 Å². The van der Waals surface area contributed by atoms with Crippen molar-refractivity contribution in [2.75, 3.05) is 6.61 Å². The topological polar surface area (TPSA) is 58.8 Å². The first-order chi connectivity index (χ1) is 7.53. The van der Waals surface area contributed by atoms with E-state index in [2.05, 4.69) is 10.2 Å². The molecule has 1 aromatic rings. The van der Waals surface area contributed by atoms with Crippen molar-refractivity contribution in [1.82, 2.24) is 10.2 Å². The fourth-order valence-electron chi connectivity index (χ4n) is 0.952. The lowest BCUT2D eigenvalue weighted by Crippen LogP contribution is -2.10. The molecule has 1 rings (SSSR count).